The number of nitrogens with two attached hydrogens (primary N) is 1. The van der Waals surface area contributed by atoms with Crippen molar-refractivity contribution >= 4 is 13.7 Å². The van der Waals surface area contributed by atoms with Crippen LogP contribution in [-0.4, -0.2) is 20.6 Å². The molecule has 0 saturated heterocycles. The number of benzene rings is 3. The van der Waals surface area contributed by atoms with Gasteiger partial charge >= 0.3 is 7.82 Å². The molecular weight excluding hydrogens is 353 g/mol. The summed E-state index contributed by atoms with van der Waals surface area (Å²) in [4.78, 5) is 33.4. The summed E-state index contributed by atoms with van der Waals surface area (Å²) in [7, 11) is -4.64. The molecule has 3 aromatic carbocycles. The molecule has 3 rings (SSSR count). The van der Waals surface area contributed by atoms with Crippen LogP contribution in [0, 0.1) is 0 Å². The summed E-state index contributed by atoms with van der Waals surface area (Å²) in [6.07, 6.45) is 0. The molecule has 1 amide bonds. The van der Waals surface area contributed by atoms with E-state index in [1.165, 1.54) is 0 Å². The normalized spacial score (nSPS) is 10.6. The minimum absolute atomic E-state index is 0.411. The molecule has 7 heteroatoms. The molecule has 0 aliphatic carbocycles. The Morgan fingerprint density at radius 1 is 0.731 bits per heavy atom. The fourth-order valence-electron chi connectivity index (χ4n) is 2.53. The van der Waals surface area contributed by atoms with Crippen molar-refractivity contribution < 1.29 is 24.0 Å². The van der Waals surface area contributed by atoms with Gasteiger partial charge in [-0.2, -0.15) is 0 Å². The molecule has 5 N–H and O–H groups in total. The Balaban J connectivity index is 0.000000431. The summed E-state index contributed by atoms with van der Waals surface area (Å²) in [6.45, 7) is 0. The average molecular weight is 371 g/mol. The monoisotopic (exact) mass is 371 g/mol. The third kappa shape index (κ3) is 5.65. The Bertz CT molecular complexity index is 915. The van der Waals surface area contributed by atoms with Crippen molar-refractivity contribution in [2.45, 2.75) is 0 Å². The number of phosphoric acid groups is 1. The standard InChI is InChI=1S/C19H15NO.H3O4P/c20-19(21)17-13-7-12-16(14-8-3-1-4-9-14)18(17)15-10-5-2-6-11-15;1-5(2,3)4/h1-13H,(H2,20,21);(H3,1,2,3,4). The predicted molar refractivity (Wildman–Crippen MR) is 100 cm³/mol. The Morgan fingerprint density at radius 3 is 1.65 bits per heavy atom. The Kier molecular flexibility index (Phi) is 6.44. The first-order valence-electron chi connectivity index (χ1n) is 7.59. The lowest BCUT2D eigenvalue weighted by molar-refractivity contribution is 0.100. The summed E-state index contributed by atoms with van der Waals surface area (Å²) >= 11 is 0. The lowest BCUT2D eigenvalue weighted by atomic mass is 9.90. The van der Waals surface area contributed by atoms with Gasteiger partial charge in [0.15, 0.2) is 0 Å². The van der Waals surface area contributed by atoms with E-state index < -0.39 is 13.7 Å². The van der Waals surface area contributed by atoms with Crippen LogP contribution in [0.15, 0.2) is 78.9 Å². The van der Waals surface area contributed by atoms with Crippen molar-refractivity contribution in [3.8, 4) is 22.3 Å². The lowest BCUT2D eigenvalue weighted by Gasteiger charge is -2.13. The summed E-state index contributed by atoms with van der Waals surface area (Å²) in [5.74, 6) is -0.411. The molecule has 0 radical (unpaired) electrons. The zero-order valence-electron chi connectivity index (χ0n) is 13.7. The van der Waals surface area contributed by atoms with E-state index in [1.807, 2.05) is 72.8 Å². The van der Waals surface area contributed by atoms with E-state index in [0.29, 0.717) is 5.56 Å². The quantitative estimate of drug-likeness (QED) is 0.527. The SMILES string of the molecule is NC(=O)c1cccc(-c2ccccc2)c1-c1ccccc1.O=P(O)(O)O. The molecule has 0 heterocycles. The van der Waals surface area contributed by atoms with Gasteiger partial charge in [0.1, 0.15) is 0 Å². The van der Waals surface area contributed by atoms with Crippen LogP contribution < -0.4 is 5.73 Å². The first kappa shape index (κ1) is 19.6. The zero-order valence-corrected chi connectivity index (χ0v) is 14.6. The maximum atomic E-state index is 11.8. The molecule has 0 unspecified atom stereocenters. The number of hydrogen-bond acceptors (Lipinski definition) is 2. The molecule has 0 aromatic heterocycles. The summed E-state index contributed by atoms with van der Waals surface area (Å²) in [5.41, 5.74) is 10.1. The van der Waals surface area contributed by atoms with Gasteiger partial charge in [-0.15, -0.1) is 0 Å². The lowest BCUT2D eigenvalue weighted by Crippen LogP contribution is -2.12. The van der Waals surface area contributed by atoms with Crippen LogP contribution in [0.2, 0.25) is 0 Å². The number of hydrogen-bond donors (Lipinski definition) is 4. The van der Waals surface area contributed by atoms with Crippen LogP contribution in [0.5, 0.6) is 0 Å². The van der Waals surface area contributed by atoms with Gasteiger partial charge in [-0.25, -0.2) is 4.57 Å². The van der Waals surface area contributed by atoms with Gasteiger partial charge in [0.2, 0.25) is 5.91 Å². The Morgan fingerprint density at radius 2 is 1.19 bits per heavy atom. The van der Waals surface area contributed by atoms with Crippen molar-refractivity contribution in [3.63, 3.8) is 0 Å². The van der Waals surface area contributed by atoms with Gasteiger partial charge in [-0.3, -0.25) is 4.79 Å². The smallest absolute Gasteiger partial charge is 0.366 e. The minimum atomic E-state index is -4.64. The van der Waals surface area contributed by atoms with E-state index in [0.717, 1.165) is 22.3 Å². The number of carbonyl (C=O) groups excluding carboxylic acids is 1. The largest absolute Gasteiger partial charge is 0.466 e. The van der Waals surface area contributed by atoms with Crippen LogP contribution in [0.25, 0.3) is 22.3 Å². The van der Waals surface area contributed by atoms with Crippen LogP contribution >= 0.6 is 7.82 Å². The second-order valence-electron chi connectivity index (χ2n) is 5.34. The molecule has 0 aliphatic heterocycles. The highest BCUT2D eigenvalue weighted by atomic mass is 31.2. The molecule has 0 spiro atoms. The molecule has 26 heavy (non-hydrogen) atoms. The third-order valence-corrected chi connectivity index (χ3v) is 3.48. The molecule has 0 aliphatic rings. The topological polar surface area (TPSA) is 121 Å². The van der Waals surface area contributed by atoms with Crippen molar-refractivity contribution in [2.24, 2.45) is 5.73 Å². The maximum absolute atomic E-state index is 11.8. The minimum Gasteiger partial charge on any atom is -0.366 e. The molecule has 0 fully saturated rings. The molecular formula is C19H18NO5P. The van der Waals surface area contributed by atoms with Gasteiger partial charge < -0.3 is 20.4 Å². The third-order valence-electron chi connectivity index (χ3n) is 3.48. The van der Waals surface area contributed by atoms with Crippen molar-refractivity contribution in [3.05, 3.63) is 84.4 Å². The van der Waals surface area contributed by atoms with E-state index in [-0.39, 0.29) is 0 Å². The van der Waals surface area contributed by atoms with Gasteiger partial charge in [0.25, 0.3) is 0 Å². The summed E-state index contributed by atoms with van der Waals surface area (Å²) in [6, 6.07) is 25.5. The van der Waals surface area contributed by atoms with Crippen LogP contribution in [0.1, 0.15) is 10.4 Å². The molecule has 3 aromatic rings. The van der Waals surface area contributed by atoms with Crippen LogP contribution in [-0.2, 0) is 4.57 Å². The number of rotatable bonds is 3. The van der Waals surface area contributed by atoms with E-state index in [1.54, 1.807) is 6.07 Å². The zero-order chi connectivity index (χ0) is 19.2. The van der Waals surface area contributed by atoms with Crippen molar-refractivity contribution in [2.75, 3.05) is 0 Å². The Labute approximate surface area is 150 Å². The van der Waals surface area contributed by atoms with Gasteiger partial charge in [-0.1, -0.05) is 72.8 Å². The van der Waals surface area contributed by atoms with Gasteiger partial charge in [0.05, 0.1) is 0 Å². The highest BCUT2D eigenvalue weighted by Crippen LogP contribution is 2.34. The fraction of sp³-hybridized carbons (Fsp3) is 0. The Hall–Kier alpha value is -2.76. The average Bonchev–Trinajstić information content (AvgIpc) is 2.61. The van der Waals surface area contributed by atoms with Gasteiger partial charge in [-0.05, 0) is 22.8 Å². The summed E-state index contributed by atoms with van der Waals surface area (Å²) in [5, 5.41) is 0. The first-order chi connectivity index (χ1) is 12.3. The number of primary amides is 1. The highest BCUT2D eigenvalue weighted by molar-refractivity contribution is 7.45. The van der Waals surface area contributed by atoms with E-state index in [9.17, 15) is 4.79 Å². The molecule has 134 valence electrons. The predicted octanol–water partition coefficient (Wildman–Crippen LogP) is 3.19. The summed E-state index contributed by atoms with van der Waals surface area (Å²) < 4.78 is 8.88. The first-order valence-corrected chi connectivity index (χ1v) is 9.16. The highest BCUT2D eigenvalue weighted by Gasteiger charge is 2.15. The molecule has 0 saturated carbocycles. The number of amides is 1. The van der Waals surface area contributed by atoms with Crippen LogP contribution in [0.3, 0.4) is 0 Å². The molecule has 0 atom stereocenters. The van der Waals surface area contributed by atoms with E-state index in [2.05, 4.69) is 0 Å². The van der Waals surface area contributed by atoms with Crippen LogP contribution in [0.4, 0.5) is 0 Å². The molecule has 0 bridgehead atoms. The van der Waals surface area contributed by atoms with Crippen molar-refractivity contribution in [1.82, 2.24) is 0 Å². The maximum Gasteiger partial charge on any atom is 0.466 e. The van der Waals surface area contributed by atoms with Crippen molar-refractivity contribution in [1.29, 1.82) is 0 Å². The van der Waals surface area contributed by atoms with Gasteiger partial charge in [0, 0.05) is 11.1 Å². The second kappa shape index (κ2) is 8.56. The second-order valence-corrected chi connectivity index (χ2v) is 6.36. The fourth-order valence-corrected chi connectivity index (χ4v) is 2.53. The van der Waals surface area contributed by atoms with E-state index >= 15 is 0 Å². The van der Waals surface area contributed by atoms with E-state index in [4.69, 9.17) is 25.0 Å². The molecule has 6 nitrogen and oxygen atoms in total. The number of carbonyl (C=O) groups is 1.